The quantitative estimate of drug-likeness (QED) is 0.567. The lowest BCUT2D eigenvalue weighted by Crippen LogP contribution is -2.31. The number of imidazole rings is 1. The number of nitrogens with one attached hydrogen (secondary N) is 2. The number of carbonyl (C=O) groups excluding carboxylic acids is 1. The van der Waals surface area contributed by atoms with Crippen LogP contribution in [-0.4, -0.2) is 30.0 Å². The highest BCUT2D eigenvalue weighted by atomic mass is 32.1. The number of H-pyrrole nitrogens is 1. The Labute approximate surface area is 165 Å². The van der Waals surface area contributed by atoms with Crippen molar-refractivity contribution in [2.24, 2.45) is 0 Å². The summed E-state index contributed by atoms with van der Waals surface area (Å²) in [6.07, 6.45) is 4.78. The zero-order chi connectivity index (χ0) is 20.1. The van der Waals surface area contributed by atoms with Gasteiger partial charge in [-0.3, -0.25) is 19.1 Å². The monoisotopic (exact) mass is 404 g/mol. The zero-order valence-corrected chi connectivity index (χ0v) is 16.8. The van der Waals surface area contributed by atoms with Crippen LogP contribution in [0.2, 0.25) is 0 Å². The van der Waals surface area contributed by atoms with E-state index in [-0.39, 0.29) is 12.3 Å². The lowest BCUT2D eigenvalue weighted by molar-refractivity contribution is -0.116. The minimum absolute atomic E-state index is 0.163. The Hall–Kier alpha value is -2.75. The van der Waals surface area contributed by atoms with Crippen molar-refractivity contribution < 1.29 is 4.79 Å². The van der Waals surface area contributed by atoms with Crippen LogP contribution < -0.4 is 16.6 Å². The molecule has 3 aromatic rings. The number of rotatable bonds is 9. The Morgan fingerprint density at radius 2 is 2.04 bits per heavy atom. The lowest BCUT2D eigenvalue weighted by Gasteiger charge is -2.08. The first kappa shape index (κ1) is 20.0. The number of nitrogens with zero attached hydrogens (tertiary/aromatic N) is 4. The van der Waals surface area contributed by atoms with Gasteiger partial charge in [-0.15, -0.1) is 11.3 Å². The molecule has 28 heavy (non-hydrogen) atoms. The van der Waals surface area contributed by atoms with Gasteiger partial charge in [0.05, 0.1) is 0 Å². The highest BCUT2D eigenvalue weighted by molar-refractivity contribution is 7.13. The fourth-order valence-electron chi connectivity index (χ4n) is 3.09. The van der Waals surface area contributed by atoms with Gasteiger partial charge in [-0.05, 0) is 12.8 Å². The fourth-order valence-corrected chi connectivity index (χ4v) is 3.63. The van der Waals surface area contributed by atoms with Crippen molar-refractivity contribution in [1.29, 1.82) is 0 Å². The molecular weight excluding hydrogens is 380 g/mol. The van der Waals surface area contributed by atoms with E-state index in [9.17, 15) is 14.4 Å². The molecule has 0 fully saturated rings. The summed E-state index contributed by atoms with van der Waals surface area (Å²) < 4.78 is 3.35. The summed E-state index contributed by atoms with van der Waals surface area (Å²) in [4.78, 5) is 47.9. The first-order valence-electron chi connectivity index (χ1n) is 9.46. The summed E-state index contributed by atoms with van der Waals surface area (Å²) in [6, 6.07) is 0. The van der Waals surface area contributed by atoms with Gasteiger partial charge >= 0.3 is 5.69 Å². The SMILES string of the molecule is CCCCn1c(CCC(=O)Nc2nccs2)nc2c1c(=O)[nH]c(=O)n2CCC. The van der Waals surface area contributed by atoms with E-state index in [0.29, 0.717) is 41.6 Å². The molecule has 0 atom stereocenters. The summed E-state index contributed by atoms with van der Waals surface area (Å²) >= 11 is 1.35. The van der Waals surface area contributed by atoms with Gasteiger partial charge in [-0.2, -0.15) is 0 Å². The molecule has 3 aromatic heterocycles. The van der Waals surface area contributed by atoms with Crippen LogP contribution in [0.5, 0.6) is 0 Å². The van der Waals surface area contributed by atoms with Crippen LogP contribution in [0.15, 0.2) is 21.2 Å². The number of thiazole rings is 1. The number of fused-ring (bicyclic) bond motifs is 1. The molecule has 0 bridgehead atoms. The lowest BCUT2D eigenvalue weighted by atomic mass is 10.2. The van der Waals surface area contributed by atoms with Gasteiger partial charge in [-0.25, -0.2) is 14.8 Å². The zero-order valence-electron chi connectivity index (χ0n) is 16.0. The normalized spacial score (nSPS) is 11.2. The number of carbonyl (C=O) groups is 1. The number of anilines is 1. The molecule has 0 aromatic carbocycles. The topological polar surface area (TPSA) is 115 Å². The number of aromatic nitrogens is 5. The number of hydrogen-bond acceptors (Lipinski definition) is 6. The van der Waals surface area contributed by atoms with E-state index in [1.54, 1.807) is 11.6 Å². The van der Waals surface area contributed by atoms with Gasteiger partial charge in [0.25, 0.3) is 5.56 Å². The summed E-state index contributed by atoms with van der Waals surface area (Å²) in [5, 5.41) is 5.09. The molecule has 9 nitrogen and oxygen atoms in total. The second-order valence-electron chi connectivity index (χ2n) is 6.50. The Bertz CT molecular complexity index is 1060. The number of hydrogen-bond donors (Lipinski definition) is 2. The molecule has 3 rings (SSSR count). The van der Waals surface area contributed by atoms with E-state index >= 15 is 0 Å². The van der Waals surface area contributed by atoms with Crippen LogP contribution in [0.25, 0.3) is 11.2 Å². The minimum Gasteiger partial charge on any atom is -0.322 e. The maximum absolute atomic E-state index is 12.5. The van der Waals surface area contributed by atoms with Gasteiger partial charge in [0.2, 0.25) is 5.91 Å². The molecule has 0 saturated carbocycles. The number of amides is 1. The Kier molecular flexibility index (Phi) is 6.40. The van der Waals surface area contributed by atoms with E-state index in [2.05, 4.69) is 27.2 Å². The predicted octanol–water partition coefficient (Wildman–Crippen LogP) is 2.12. The fraction of sp³-hybridized carbons (Fsp3) is 0.500. The second kappa shape index (κ2) is 8.96. The predicted molar refractivity (Wildman–Crippen MR) is 109 cm³/mol. The highest BCUT2D eigenvalue weighted by Crippen LogP contribution is 2.16. The van der Waals surface area contributed by atoms with Crippen LogP contribution in [0.4, 0.5) is 5.13 Å². The molecule has 10 heteroatoms. The van der Waals surface area contributed by atoms with Crippen LogP contribution in [0.3, 0.4) is 0 Å². The molecular formula is C18H24N6O3S. The van der Waals surface area contributed by atoms with Crippen LogP contribution >= 0.6 is 11.3 Å². The summed E-state index contributed by atoms with van der Waals surface area (Å²) in [5.41, 5.74) is -0.0964. The van der Waals surface area contributed by atoms with E-state index in [1.807, 2.05) is 11.5 Å². The molecule has 0 radical (unpaired) electrons. The van der Waals surface area contributed by atoms with Crippen LogP contribution in [0.1, 0.15) is 45.4 Å². The second-order valence-corrected chi connectivity index (χ2v) is 7.40. The Morgan fingerprint density at radius 3 is 2.71 bits per heavy atom. The van der Waals surface area contributed by atoms with Crippen LogP contribution in [-0.2, 0) is 24.3 Å². The molecule has 0 saturated heterocycles. The van der Waals surface area contributed by atoms with Gasteiger partial charge < -0.3 is 9.88 Å². The van der Waals surface area contributed by atoms with Gasteiger partial charge in [-0.1, -0.05) is 20.3 Å². The standard InChI is InChI=1S/C18H24N6O3S/c1-3-5-10-23-12(6-7-13(25)21-17-19-8-11-28-17)20-15-14(23)16(26)22-18(27)24(15)9-4-2/h8,11H,3-7,9-10H2,1-2H3,(H,19,21,25)(H,22,26,27). The first-order chi connectivity index (χ1) is 13.5. The molecule has 0 spiro atoms. The van der Waals surface area contributed by atoms with E-state index < -0.39 is 11.2 Å². The number of aromatic amines is 1. The summed E-state index contributed by atoms with van der Waals surface area (Å²) in [5.74, 6) is 0.475. The van der Waals surface area contributed by atoms with E-state index in [4.69, 9.17) is 0 Å². The molecule has 2 N–H and O–H groups in total. The molecule has 3 heterocycles. The molecule has 1 amide bonds. The third-order valence-corrected chi connectivity index (χ3v) is 5.09. The van der Waals surface area contributed by atoms with Crippen molar-refractivity contribution in [1.82, 2.24) is 24.1 Å². The number of aryl methyl sites for hydroxylation is 3. The molecule has 0 aliphatic rings. The third kappa shape index (κ3) is 4.22. The summed E-state index contributed by atoms with van der Waals surface area (Å²) in [6.45, 7) is 5.11. The maximum atomic E-state index is 12.5. The van der Waals surface area contributed by atoms with E-state index in [1.165, 1.54) is 15.9 Å². The van der Waals surface area contributed by atoms with E-state index in [0.717, 1.165) is 19.3 Å². The summed E-state index contributed by atoms with van der Waals surface area (Å²) in [7, 11) is 0. The van der Waals surface area contributed by atoms with Crippen molar-refractivity contribution >= 4 is 33.5 Å². The minimum atomic E-state index is -0.451. The van der Waals surface area contributed by atoms with Gasteiger partial charge in [0.15, 0.2) is 16.3 Å². The van der Waals surface area contributed by atoms with Crippen molar-refractivity contribution in [2.45, 2.75) is 59.0 Å². The molecule has 0 aliphatic carbocycles. The van der Waals surface area contributed by atoms with Crippen molar-refractivity contribution in [3.05, 3.63) is 38.2 Å². The third-order valence-electron chi connectivity index (χ3n) is 4.40. The van der Waals surface area contributed by atoms with Gasteiger partial charge in [0, 0.05) is 37.5 Å². The molecule has 0 aliphatic heterocycles. The number of unbranched alkanes of at least 4 members (excludes halogenated alkanes) is 1. The molecule has 150 valence electrons. The largest absolute Gasteiger partial charge is 0.330 e. The van der Waals surface area contributed by atoms with Gasteiger partial charge in [0.1, 0.15) is 5.82 Å². The van der Waals surface area contributed by atoms with Crippen molar-refractivity contribution in [3.8, 4) is 0 Å². The average molecular weight is 404 g/mol. The average Bonchev–Trinajstić information content (AvgIpc) is 3.29. The smallest absolute Gasteiger partial charge is 0.322 e. The first-order valence-corrected chi connectivity index (χ1v) is 10.3. The van der Waals surface area contributed by atoms with Crippen molar-refractivity contribution in [2.75, 3.05) is 5.32 Å². The molecule has 0 unspecified atom stereocenters. The Balaban J connectivity index is 1.94. The van der Waals surface area contributed by atoms with Crippen molar-refractivity contribution in [3.63, 3.8) is 0 Å². The Morgan fingerprint density at radius 1 is 1.21 bits per heavy atom. The highest BCUT2D eigenvalue weighted by Gasteiger charge is 2.19. The maximum Gasteiger partial charge on any atom is 0.330 e. The van der Waals surface area contributed by atoms with Crippen LogP contribution in [0, 0.1) is 0 Å².